The van der Waals surface area contributed by atoms with E-state index in [9.17, 15) is 9.59 Å². The van der Waals surface area contributed by atoms with Crippen molar-refractivity contribution in [2.75, 3.05) is 0 Å². The third-order valence-corrected chi connectivity index (χ3v) is 2.93. The van der Waals surface area contributed by atoms with Crippen LogP contribution >= 0.6 is 0 Å². The number of Topliss-reactive ketones (excluding diaryl/α,β-unsaturated/α-hetero) is 1. The average molecular weight is 241 g/mol. The van der Waals surface area contributed by atoms with Crippen molar-refractivity contribution in [1.82, 2.24) is 0 Å². The van der Waals surface area contributed by atoms with E-state index in [1.165, 1.54) is 0 Å². The monoisotopic (exact) mass is 241 g/mol. The van der Waals surface area contributed by atoms with Gasteiger partial charge in [0, 0.05) is 0 Å². The molecule has 1 aliphatic rings. The first kappa shape index (κ1) is 12.4. The van der Waals surface area contributed by atoms with Crippen molar-refractivity contribution in [2.45, 2.75) is 25.3 Å². The second-order valence-corrected chi connectivity index (χ2v) is 4.27. The Balaban J connectivity index is 2.20. The van der Waals surface area contributed by atoms with E-state index in [1.54, 1.807) is 12.3 Å². The fourth-order valence-corrected chi connectivity index (χ4v) is 1.96. The largest absolute Gasteiger partial charge is 0.298 e. The minimum atomic E-state index is -0.376. The SMILES string of the molecule is O=CC(=Cc1ccccc1)C(=O)C1CCCC=N1. The summed E-state index contributed by atoms with van der Waals surface area (Å²) in [4.78, 5) is 27.3. The van der Waals surface area contributed by atoms with E-state index < -0.39 is 0 Å². The molecule has 1 heterocycles. The number of nitrogens with zero attached hydrogens (tertiary/aromatic N) is 1. The maximum Gasteiger partial charge on any atom is 0.190 e. The summed E-state index contributed by atoms with van der Waals surface area (Å²) in [5.41, 5.74) is 1.05. The van der Waals surface area contributed by atoms with Gasteiger partial charge in [-0.05, 0) is 37.1 Å². The van der Waals surface area contributed by atoms with E-state index in [4.69, 9.17) is 0 Å². The number of hydrogen-bond acceptors (Lipinski definition) is 3. The average Bonchev–Trinajstić information content (AvgIpc) is 2.46. The highest BCUT2D eigenvalue weighted by Gasteiger charge is 2.21. The van der Waals surface area contributed by atoms with Gasteiger partial charge in [0.15, 0.2) is 12.1 Å². The Morgan fingerprint density at radius 2 is 2.06 bits per heavy atom. The maximum atomic E-state index is 12.1. The third kappa shape index (κ3) is 3.00. The summed E-state index contributed by atoms with van der Waals surface area (Å²) >= 11 is 0. The molecule has 0 spiro atoms. The Labute approximate surface area is 106 Å². The maximum absolute atomic E-state index is 12.1. The number of hydrogen-bond donors (Lipinski definition) is 0. The van der Waals surface area contributed by atoms with Crippen LogP contribution in [0.5, 0.6) is 0 Å². The zero-order valence-corrected chi connectivity index (χ0v) is 10.1. The molecule has 0 aliphatic carbocycles. The highest BCUT2D eigenvalue weighted by atomic mass is 16.1. The van der Waals surface area contributed by atoms with Crippen LogP contribution < -0.4 is 0 Å². The van der Waals surface area contributed by atoms with Crippen LogP contribution in [0, 0.1) is 0 Å². The van der Waals surface area contributed by atoms with Crippen LogP contribution in [0.2, 0.25) is 0 Å². The second-order valence-electron chi connectivity index (χ2n) is 4.27. The van der Waals surface area contributed by atoms with Gasteiger partial charge in [0.1, 0.15) is 6.04 Å². The van der Waals surface area contributed by atoms with Crippen molar-refractivity contribution in [2.24, 2.45) is 4.99 Å². The zero-order valence-electron chi connectivity index (χ0n) is 10.1. The first-order chi connectivity index (χ1) is 8.81. The number of aldehydes is 1. The van der Waals surface area contributed by atoms with E-state index in [0.29, 0.717) is 6.29 Å². The van der Waals surface area contributed by atoms with Crippen LogP contribution in [0.3, 0.4) is 0 Å². The van der Waals surface area contributed by atoms with Gasteiger partial charge in [-0.25, -0.2) is 0 Å². The molecule has 2 rings (SSSR count). The summed E-state index contributed by atoms with van der Waals surface area (Å²) in [6.07, 6.45) is 6.63. The fourth-order valence-electron chi connectivity index (χ4n) is 1.96. The van der Waals surface area contributed by atoms with E-state index >= 15 is 0 Å². The molecule has 0 aromatic heterocycles. The first-order valence-electron chi connectivity index (χ1n) is 6.09. The van der Waals surface area contributed by atoms with Crippen molar-refractivity contribution >= 4 is 24.4 Å². The van der Waals surface area contributed by atoms with Gasteiger partial charge in [0.25, 0.3) is 0 Å². The van der Waals surface area contributed by atoms with Crippen LogP contribution in [-0.4, -0.2) is 24.3 Å². The molecule has 3 nitrogen and oxygen atoms in total. The normalized spacial score (nSPS) is 19.6. The molecule has 0 radical (unpaired) electrons. The first-order valence-corrected chi connectivity index (χ1v) is 6.09. The summed E-state index contributed by atoms with van der Waals surface area (Å²) in [6.45, 7) is 0. The van der Waals surface area contributed by atoms with Crippen LogP contribution in [0.4, 0.5) is 0 Å². The lowest BCUT2D eigenvalue weighted by Crippen LogP contribution is -2.23. The van der Waals surface area contributed by atoms with Crippen molar-refractivity contribution < 1.29 is 9.59 Å². The van der Waals surface area contributed by atoms with Crippen molar-refractivity contribution in [1.29, 1.82) is 0 Å². The lowest BCUT2D eigenvalue weighted by Gasteiger charge is -2.14. The Bertz CT molecular complexity index is 488. The summed E-state index contributed by atoms with van der Waals surface area (Å²) in [6, 6.07) is 8.99. The van der Waals surface area contributed by atoms with Crippen molar-refractivity contribution in [3.63, 3.8) is 0 Å². The van der Waals surface area contributed by atoms with Gasteiger partial charge in [-0.1, -0.05) is 30.3 Å². The topological polar surface area (TPSA) is 46.5 Å². The summed E-state index contributed by atoms with van der Waals surface area (Å²) in [5, 5.41) is 0. The summed E-state index contributed by atoms with van der Waals surface area (Å²) in [7, 11) is 0. The number of aliphatic imine (C=N–C) groups is 1. The Kier molecular flexibility index (Phi) is 4.18. The van der Waals surface area contributed by atoms with Gasteiger partial charge in [-0.3, -0.25) is 14.6 Å². The minimum Gasteiger partial charge on any atom is -0.298 e. The molecule has 0 saturated heterocycles. The van der Waals surface area contributed by atoms with Crippen LogP contribution in [0.1, 0.15) is 24.8 Å². The third-order valence-electron chi connectivity index (χ3n) is 2.93. The van der Waals surface area contributed by atoms with Gasteiger partial charge >= 0.3 is 0 Å². The van der Waals surface area contributed by atoms with E-state index in [-0.39, 0.29) is 17.4 Å². The summed E-state index contributed by atoms with van der Waals surface area (Å²) in [5.74, 6) is -0.176. The lowest BCUT2D eigenvalue weighted by atomic mass is 9.97. The van der Waals surface area contributed by atoms with E-state index in [2.05, 4.69) is 4.99 Å². The molecule has 18 heavy (non-hydrogen) atoms. The van der Waals surface area contributed by atoms with Crippen molar-refractivity contribution in [3.05, 3.63) is 41.5 Å². The molecular weight excluding hydrogens is 226 g/mol. The molecule has 0 saturated carbocycles. The smallest absolute Gasteiger partial charge is 0.190 e. The number of carbonyl (C=O) groups excluding carboxylic acids is 2. The molecule has 1 atom stereocenters. The number of carbonyl (C=O) groups is 2. The number of benzene rings is 1. The van der Waals surface area contributed by atoms with Gasteiger partial charge in [-0.2, -0.15) is 0 Å². The van der Waals surface area contributed by atoms with Gasteiger partial charge < -0.3 is 0 Å². The highest BCUT2D eigenvalue weighted by Crippen LogP contribution is 2.15. The molecular formula is C15H15NO2. The van der Waals surface area contributed by atoms with Crippen LogP contribution in [-0.2, 0) is 9.59 Å². The van der Waals surface area contributed by atoms with E-state index in [0.717, 1.165) is 24.8 Å². The predicted molar refractivity (Wildman–Crippen MR) is 71.6 cm³/mol. The van der Waals surface area contributed by atoms with Crippen LogP contribution in [0.15, 0.2) is 40.9 Å². The molecule has 0 amide bonds. The molecule has 1 aromatic carbocycles. The fraction of sp³-hybridized carbons (Fsp3) is 0.267. The minimum absolute atomic E-state index is 0.176. The number of rotatable bonds is 4. The quantitative estimate of drug-likeness (QED) is 0.352. The zero-order chi connectivity index (χ0) is 12.8. The Morgan fingerprint density at radius 1 is 1.28 bits per heavy atom. The molecule has 92 valence electrons. The second kappa shape index (κ2) is 6.05. The Hall–Kier alpha value is -2.03. The van der Waals surface area contributed by atoms with Crippen molar-refractivity contribution in [3.8, 4) is 0 Å². The standard InChI is InChI=1S/C15H15NO2/c17-11-13(10-12-6-2-1-3-7-12)15(18)14-8-4-5-9-16-14/h1-3,6-7,9-11,14H,4-5,8H2. The molecule has 0 fully saturated rings. The Morgan fingerprint density at radius 3 is 2.67 bits per heavy atom. The molecule has 1 aromatic rings. The van der Waals surface area contributed by atoms with Gasteiger partial charge in [0.05, 0.1) is 5.57 Å². The number of ketones is 1. The summed E-state index contributed by atoms with van der Waals surface area (Å²) < 4.78 is 0. The van der Waals surface area contributed by atoms with Gasteiger partial charge in [0.2, 0.25) is 0 Å². The molecule has 0 N–H and O–H groups in total. The van der Waals surface area contributed by atoms with Gasteiger partial charge in [-0.15, -0.1) is 0 Å². The predicted octanol–water partition coefficient (Wildman–Crippen LogP) is 2.46. The van der Waals surface area contributed by atoms with E-state index in [1.807, 2.05) is 30.3 Å². The van der Waals surface area contributed by atoms with Crippen LogP contribution in [0.25, 0.3) is 6.08 Å². The molecule has 3 heteroatoms. The molecule has 1 unspecified atom stereocenters. The molecule has 0 bridgehead atoms. The molecule has 1 aliphatic heterocycles. The lowest BCUT2D eigenvalue weighted by molar-refractivity contribution is -0.118. The highest BCUT2D eigenvalue weighted by molar-refractivity contribution is 6.17.